The van der Waals surface area contributed by atoms with E-state index in [1.807, 2.05) is 36.4 Å². The predicted octanol–water partition coefficient (Wildman–Crippen LogP) is 1.77. The van der Waals surface area contributed by atoms with Crippen molar-refractivity contribution in [1.29, 1.82) is 0 Å². The Morgan fingerprint density at radius 1 is 1.13 bits per heavy atom. The number of hydrogen-bond acceptors (Lipinski definition) is 4. The lowest BCUT2D eigenvalue weighted by molar-refractivity contribution is 1.18. The molecule has 0 unspecified atom stereocenters. The molecule has 0 spiro atoms. The third-order valence-electron chi connectivity index (χ3n) is 2.07. The van der Waals surface area contributed by atoms with Gasteiger partial charge in [-0.2, -0.15) is 4.98 Å². The molecule has 0 aliphatic rings. The second-order valence-electron chi connectivity index (χ2n) is 3.11. The molecule has 1 heterocycles. The van der Waals surface area contributed by atoms with Crippen molar-refractivity contribution in [2.75, 3.05) is 18.1 Å². The number of anilines is 2. The first kappa shape index (κ1) is 9.45. The third kappa shape index (κ3) is 2.04. The number of rotatable bonds is 2. The van der Waals surface area contributed by atoms with Gasteiger partial charge in [0.2, 0.25) is 5.95 Å². The summed E-state index contributed by atoms with van der Waals surface area (Å²) in [5, 5.41) is 2.95. The average molecular weight is 200 g/mol. The number of nitrogens with two attached hydrogens (primary N) is 1. The largest absolute Gasteiger partial charge is 0.373 e. The molecule has 0 amide bonds. The van der Waals surface area contributed by atoms with Crippen LogP contribution in [0.3, 0.4) is 0 Å². The van der Waals surface area contributed by atoms with Gasteiger partial charge >= 0.3 is 0 Å². The number of nitrogens with one attached hydrogen (secondary N) is 1. The van der Waals surface area contributed by atoms with Crippen molar-refractivity contribution in [3.8, 4) is 11.3 Å². The fourth-order valence-electron chi connectivity index (χ4n) is 1.35. The molecule has 0 atom stereocenters. The van der Waals surface area contributed by atoms with Gasteiger partial charge in [0, 0.05) is 18.7 Å². The minimum Gasteiger partial charge on any atom is -0.373 e. The lowest BCUT2D eigenvalue weighted by Crippen LogP contribution is -2.00. The summed E-state index contributed by atoms with van der Waals surface area (Å²) in [6, 6.07) is 11.7. The first-order chi connectivity index (χ1) is 7.29. The highest BCUT2D eigenvalue weighted by Crippen LogP contribution is 2.19. The van der Waals surface area contributed by atoms with Gasteiger partial charge in [-0.15, -0.1) is 0 Å². The monoisotopic (exact) mass is 200 g/mol. The summed E-state index contributed by atoms with van der Waals surface area (Å²) in [5.41, 5.74) is 7.47. The molecule has 1 aromatic carbocycles. The molecule has 0 aliphatic carbocycles. The topological polar surface area (TPSA) is 63.8 Å². The van der Waals surface area contributed by atoms with Crippen LogP contribution >= 0.6 is 0 Å². The molecule has 0 saturated heterocycles. The SMILES string of the molecule is CNc1cc(-c2ccccc2)nc(N)n1. The van der Waals surface area contributed by atoms with Gasteiger partial charge in [-0.25, -0.2) is 4.98 Å². The fourth-order valence-corrected chi connectivity index (χ4v) is 1.35. The summed E-state index contributed by atoms with van der Waals surface area (Å²) in [7, 11) is 1.80. The Balaban J connectivity index is 2.49. The van der Waals surface area contributed by atoms with Crippen LogP contribution in [0.15, 0.2) is 36.4 Å². The molecule has 0 fully saturated rings. The van der Waals surface area contributed by atoms with Crippen LogP contribution in [0.25, 0.3) is 11.3 Å². The highest BCUT2D eigenvalue weighted by Gasteiger charge is 2.02. The molecule has 0 aliphatic heterocycles. The number of hydrogen-bond donors (Lipinski definition) is 2. The Bertz CT molecular complexity index is 453. The molecule has 3 N–H and O–H groups in total. The zero-order chi connectivity index (χ0) is 10.7. The lowest BCUT2D eigenvalue weighted by Gasteiger charge is -2.04. The van der Waals surface area contributed by atoms with Crippen LogP contribution in [0, 0.1) is 0 Å². The average Bonchev–Trinajstić information content (AvgIpc) is 2.29. The quantitative estimate of drug-likeness (QED) is 0.775. The molecule has 0 radical (unpaired) electrons. The van der Waals surface area contributed by atoms with E-state index in [1.54, 1.807) is 7.05 Å². The maximum Gasteiger partial charge on any atom is 0.222 e. The van der Waals surface area contributed by atoms with E-state index < -0.39 is 0 Å². The van der Waals surface area contributed by atoms with E-state index in [-0.39, 0.29) is 5.95 Å². The Kier molecular flexibility index (Phi) is 2.49. The Hall–Kier alpha value is -2.10. The van der Waals surface area contributed by atoms with E-state index in [4.69, 9.17) is 5.73 Å². The zero-order valence-electron chi connectivity index (χ0n) is 8.44. The van der Waals surface area contributed by atoms with Crippen molar-refractivity contribution in [2.45, 2.75) is 0 Å². The van der Waals surface area contributed by atoms with Crippen LogP contribution < -0.4 is 11.1 Å². The van der Waals surface area contributed by atoms with Gasteiger partial charge in [-0.1, -0.05) is 30.3 Å². The van der Waals surface area contributed by atoms with Crippen LogP contribution in [-0.2, 0) is 0 Å². The highest BCUT2D eigenvalue weighted by atomic mass is 15.1. The standard InChI is InChI=1S/C11H12N4/c1-13-10-7-9(14-11(12)15-10)8-5-3-2-4-6-8/h2-7H,1H3,(H3,12,13,14,15). The predicted molar refractivity (Wildman–Crippen MR) is 61.4 cm³/mol. The smallest absolute Gasteiger partial charge is 0.222 e. The molecule has 1 aromatic heterocycles. The van der Waals surface area contributed by atoms with E-state index in [0.29, 0.717) is 0 Å². The first-order valence-corrected chi connectivity index (χ1v) is 4.67. The van der Waals surface area contributed by atoms with Crippen LogP contribution in [0.1, 0.15) is 0 Å². The van der Waals surface area contributed by atoms with Crippen molar-refractivity contribution in [3.63, 3.8) is 0 Å². The maximum absolute atomic E-state index is 5.61. The number of nitrogens with zero attached hydrogens (tertiary/aromatic N) is 2. The zero-order valence-corrected chi connectivity index (χ0v) is 8.44. The Labute approximate surface area is 88.2 Å². The molecular weight excluding hydrogens is 188 g/mol. The number of benzene rings is 1. The molecule has 0 bridgehead atoms. The molecule has 2 rings (SSSR count). The van der Waals surface area contributed by atoms with Gasteiger partial charge in [0.05, 0.1) is 5.69 Å². The summed E-state index contributed by atoms with van der Waals surface area (Å²) < 4.78 is 0. The van der Waals surface area contributed by atoms with Gasteiger partial charge in [0.1, 0.15) is 5.82 Å². The van der Waals surface area contributed by atoms with E-state index >= 15 is 0 Å². The van der Waals surface area contributed by atoms with Gasteiger partial charge in [0.25, 0.3) is 0 Å². The normalized spacial score (nSPS) is 9.93. The maximum atomic E-state index is 5.61. The Morgan fingerprint density at radius 3 is 2.53 bits per heavy atom. The molecule has 4 heteroatoms. The Morgan fingerprint density at radius 2 is 1.87 bits per heavy atom. The van der Waals surface area contributed by atoms with Gasteiger partial charge in [0.15, 0.2) is 0 Å². The number of nitrogen functional groups attached to an aromatic ring is 1. The third-order valence-corrected chi connectivity index (χ3v) is 2.07. The highest BCUT2D eigenvalue weighted by molar-refractivity contribution is 5.63. The fraction of sp³-hybridized carbons (Fsp3) is 0.0909. The molecule has 2 aromatic rings. The van der Waals surface area contributed by atoms with Gasteiger partial charge in [-0.3, -0.25) is 0 Å². The van der Waals surface area contributed by atoms with Crippen molar-refractivity contribution in [3.05, 3.63) is 36.4 Å². The molecule has 15 heavy (non-hydrogen) atoms. The second-order valence-corrected chi connectivity index (χ2v) is 3.11. The summed E-state index contributed by atoms with van der Waals surface area (Å²) in [5.74, 6) is 1.00. The van der Waals surface area contributed by atoms with Crippen molar-refractivity contribution in [2.24, 2.45) is 0 Å². The van der Waals surface area contributed by atoms with E-state index in [9.17, 15) is 0 Å². The van der Waals surface area contributed by atoms with Crippen molar-refractivity contribution >= 4 is 11.8 Å². The van der Waals surface area contributed by atoms with Crippen LogP contribution in [-0.4, -0.2) is 17.0 Å². The second kappa shape index (κ2) is 3.96. The molecule has 76 valence electrons. The lowest BCUT2D eigenvalue weighted by atomic mass is 10.1. The molecule has 0 saturated carbocycles. The van der Waals surface area contributed by atoms with E-state index in [1.165, 1.54) is 0 Å². The van der Waals surface area contributed by atoms with Crippen molar-refractivity contribution < 1.29 is 0 Å². The minimum absolute atomic E-state index is 0.278. The van der Waals surface area contributed by atoms with Gasteiger partial charge in [-0.05, 0) is 0 Å². The molecule has 4 nitrogen and oxygen atoms in total. The van der Waals surface area contributed by atoms with Gasteiger partial charge < -0.3 is 11.1 Å². The number of aromatic nitrogens is 2. The summed E-state index contributed by atoms with van der Waals surface area (Å²) >= 11 is 0. The van der Waals surface area contributed by atoms with Crippen LogP contribution in [0.4, 0.5) is 11.8 Å². The molecular formula is C11H12N4. The van der Waals surface area contributed by atoms with Crippen LogP contribution in [0.5, 0.6) is 0 Å². The summed E-state index contributed by atoms with van der Waals surface area (Å²) in [6.45, 7) is 0. The summed E-state index contributed by atoms with van der Waals surface area (Å²) in [4.78, 5) is 8.21. The van der Waals surface area contributed by atoms with Crippen LogP contribution in [0.2, 0.25) is 0 Å². The first-order valence-electron chi connectivity index (χ1n) is 4.67. The van der Waals surface area contributed by atoms with Crippen molar-refractivity contribution in [1.82, 2.24) is 9.97 Å². The minimum atomic E-state index is 0.278. The van der Waals surface area contributed by atoms with E-state index in [0.717, 1.165) is 17.1 Å². The summed E-state index contributed by atoms with van der Waals surface area (Å²) in [6.07, 6.45) is 0. The van der Waals surface area contributed by atoms with E-state index in [2.05, 4.69) is 15.3 Å².